The third-order valence-electron chi connectivity index (χ3n) is 3.23. The number of carbonyl (C=O) groups excluding carboxylic acids is 2. The molecule has 13 heteroatoms. The van der Waals surface area contributed by atoms with Gasteiger partial charge in [-0.1, -0.05) is 5.21 Å². The third-order valence-corrected chi connectivity index (χ3v) is 6.28. The number of hydrogen-bond acceptors (Lipinski definition) is 10. The van der Waals surface area contributed by atoms with Crippen LogP contribution in [0.1, 0.15) is 42.2 Å². The van der Waals surface area contributed by atoms with Crippen molar-refractivity contribution in [1.29, 1.82) is 0 Å². The highest BCUT2D eigenvalue weighted by Crippen LogP contribution is 2.28. The number of nitrogens with one attached hydrogen (secondary N) is 1. The number of hydrogen-bond donors (Lipinski definition) is 2. The monoisotopic (exact) mass is 403 g/mol. The van der Waals surface area contributed by atoms with Gasteiger partial charge < -0.3 is 9.84 Å². The van der Waals surface area contributed by atoms with Crippen LogP contribution in [0.25, 0.3) is 0 Å². The van der Waals surface area contributed by atoms with Crippen LogP contribution in [0.2, 0.25) is 0 Å². The second-order valence-electron chi connectivity index (χ2n) is 5.77. The van der Waals surface area contributed by atoms with E-state index < -0.39 is 33.5 Å². The van der Waals surface area contributed by atoms with Crippen LogP contribution in [0.15, 0.2) is 16.7 Å². The van der Waals surface area contributed by atoms with Crippen LogP contribution in [0.3, 0.4) is 0 Å². The molecule has 0 aliphatic rings. The second-order valence-corrected chi connectivity index (χ2v) is 8.66. The maximum absolute atomic E-state index is 12.3. The molecule has 1 amide bonds. The van der Waals surface area contributed by atoms with Crippen LogP contribution in [-0.2, 0) is 25.2 Å². The molecule has 0 fully saturated rings. The Kier molecular flexibility index (Phi) is 5.44. The first-order valence-corrected chi connectivity index (χ1v) is 9.51. The van der Waals surface area contributed by atoms with E-state index in [1.807, 2.05) is 4.72 Å². The minimum absolute atomic E-state index is 0.121. The number of methoxy groups -OCH3 is 1. The number of ether oxygens (including phenoxy) is 1. The molecule has 2 rings (SSSR count). The number of esters is 1. The van der Waals surface area contributed by atoms with E-state index in [1.165, 1.54) is 40.3 Å². The second kappa shape index (κ2) is 7.09. The summed E-state index contributed by atoms with van der Waals surface area (Å²) in [5.74, 6) is -1.63. The van der Waals surface area contributed by atoms with Gasteiger partial charge in [0.25, 0.3) is 15.9 Å². The molecule has 2 aromatic heterocycles. The molecule has 0 saturated carbocycles. The fraction of sp³-hybridized carbons (Fsp3) is 0.462. The average Bonchev–Trinajstić information content (AvgIpc) is 3.21. The van der Waals surface area contributed by atoms with Crippen LogP contribution >= 0.6 is 11.3 Å². The molecule has 2 aromatic rings. The lowest BCUT2D eigenvalue weighted by Crippen LogP contribution is -2.36. The summed E-state index contributed by atoms with van der Waals surface area (Å²) in [6, 6.07) is -1.07. The largest absolute Gasteiger partial charge is 0.464 e. The zero-order chi connectivity index (χ0) is 19.7. The molecule has 11 nitrogen and oxygen atoms in total. The van der Waals surface area contributed by atoms with E-state index in [0.717, 1.165) is 16.0 Å². The van der Waals surface area contributed by atoms with Crippen molar-refractivity contribution in [2.24, 2.45) is 0 Å². The van der Waals surface area contributed by atoms with Gasteiger partial charge in [0.05, 0.1) is 23.8 Å². The van der Waals surface area contributed by atoms with Crippen molar-refractivity contribution in [3.05, 3.63) is 23.0 Å². The predicted molar refractivity (Wildman–Crippen MR) is 88.8 cm³/mol. The fourth-order valence-corrected chi connectivity index (χ4v) is 3.91. The molecule has 2 N–H and O–H groups in total. The minimum Gasteiger partial charge on any atom is -0.464 e. The van der Waals surface area contributed by atoms with Crippen molar-refractivity contribution >= 4 is 33.2 Å². The van der Waals surface area contributed by atoms with Gasteiger partial charge >= 0.3 is 5.97 Å². The number of rotatable bonds is 6. The Morgan fingerprint density at radius 3 is 2.62 bits per heavy atom. The lowest BCUT2D eigenvalue weighted by Gasteiger charge is -2.13. The molecule has 0 aliphatic carbocycles. The summed E-state index contributed by atoms with van der Waals surface area (Å²) in [5.41, 5.74) is -1.38. The van der Waals surface area contributed by atoms with Crippen LogP contribution in [0.4, 0.5) is 0 Å². The Bertz CT molecular complexity index is 927. The Morgan fingerprint density at radius 2 is 2.08 bits per heavy atom. The van der Waals surface area contributed by atoms with E-state index in [4.69, 9.17) is 0 Å². The summed E-state index contributed by atoms with van der Waals surface area (Å²) in [7, 11) is -3.06. The molecule has 0 aromatic carbocycles. The molecule has 142 valence electrons. The summed E-state index contributed by atoms with van der Waals surface area (Å²) < 4.78 is 31.6. The number of nitrogens with zero attached hydrogens (tertiary/aromatic N) is 4. The molecule has 0 unspecified atom stereocenters. The standard InChI is InChI=1S/C13H17N5O6S2/c1-7(18-6-8(15-17-18)11(20)24-4)10(19)16-26(22,23)12-14-5-9(25-12)13(2,3)21/h5-7,21H,1-4H3,(H,16,19)/t7-/m1/s1. The van der Waals surface area contributed by atoms with Crippen LogP contribution < -0.4 is 4.72 Å². The summed E-state index contributed by atoms with van der Waals surface area (Å²) >= 11 is 0.748. The van der Waals surface area contributed by atoms with Crippen molar-refractivity contribution in [3.8, 4) is 0 Å². The first-order chi connectivity index (χ1) is 12.0. The van der Waals surface area contributed by atoms with Gasteiger partial charge in [-0.2, -0.15) is 8.42 Å². The fourth-order valence-electron chi connectivity index (χ4n) is 1.71. The van der Waals surface area contributed by atoms with Crippen molar-refractivity contribution in [2.45, 2.75) is 36.8 Å². The zero-order valence-electron chi connectivity index (χ0n) is 14.3. The highest BCUT2D eigenvalue weighted by Gasteiger charge is 2.29. The Labute approximate surface area is 153 Å². The number of thiazole rings is 1. The van der Waals surface area contributed by atoms with Gasteiger partial charge in [0.1, 0.15) is 6.04 Å². The third kappa shape index (κ3) is 4.23. The first kappa shape index (κ1) is 19.9. The van der Waals surface area contributed by atoms with E-state index in [9.17, 15) is 23.1 Å². The Balaban J connectivity index is 2.16. The molecule has 0 spiro atoms. The van der Waals surface area contributed by atoms with Crippen molar-refractivity contribution in [2.75, 3.05) is 7.11 Å². The molecular formula is C13H17N5O6S2. The highest BCUT2D eigenvalue weighted by atomic mass is 32.2. The number of aromatic nitrogens is 4. The molecule has 0 bridgehead atoms. The van der Waals surface area contributed by atoms with Crippen molar-refractivity contribution < 1.29 is 27.9 Å². The normalized spacial score (nSPS) is 13.3. The van der Waals surface area contributed by atoms with E-state index in [-0.39, 0.29) is 10.0 Å². The Morgan fingerprint density at radius 1 is 1.42 bits per heavy atom. The van der Waals surface area contributed by atoms with Crippen LogP contribution in [0, 0.1) is 0 Å². The predicted octanol–water partition coefficient (Wildman–Crippen LogP) is -0.185. The van der Waals surface area contributed by atoms with Crippen molar-refractivity contribution in [3.63, 3.8) is 0 Å². The lowest BCUT2D eigenvalue weighted by molar-refractivity contribution is -0.122. The molecule has 2 heterocycles. The summed E-state index contributed by atoms with van der Waals surface area (Å²) in [6.45, 7) is 4.35. The van der Waals surface area contributed by atoms with Gasteiger partial charge in [-0.3, -0.25) is 4.79 Å². The number of aliphatic hydroxyl groups is 1. The summed E-state index contributed by atoms with van der Waals surface area (Å²) in [5, 5.41) is 17.0. The smallest absolute Gasteiger partial charge is 0.360 e. The maximum Gasteiger partial charge on any atom is 0.360 e. The molecule has 0 radical (unpaired) electrons. The van der Waals surface area contributed by atoms with E-state index in [0.29, 0.717) is 4.88 Å². The van der Waals surface area contributed by atoms with Gasteiger partial charge in [0.2, 0.25) is 4.34 Å². The average molecular weight is 403 g/mol. The zero-order valence-corrected chi connectivity index (χ0v) is 16.0. The number of amides is 1. The number of sulfonamides is 1. The molecule has 1 atom stereocenters. The molecule has 0 aliphatic heterocycles. The summed E-state index contributed by atoms with van der Waals surface area (Å²) in [4.78, 5) is 27.6. The van der Waals surface area contributed by atoms with Gasteiger partial charge in [-0.25, -0.2) is 19.2 Å². The first-order valence-electron chi connectivity index (χ1n) is 7.21. The summed E-state index contributed by atoms with van der Waals surface area (Å²) in [6.07, 6.45) is 2.39. The topological polar surface area (TPSA) is 153 Å². The van der Waals surface area contributed by atoms with E-state index >= 15 is 0 Å². The SMILES string of the molecule is COC(=O)c1cn([C@H](C)C(=O)NS(=O)(=O)c2ncc(C(C)(C)O)s2)nn1. The van der Waals surface area contributed by atoms with Gasteiger partial charge in [-0.05, 0) is 20.8 Å². The van der Waals surface area contributed by atoms with Gasteiger partial charge in [0.15, 0.2) is 5.69 Å². The maximum atomic E-state index is 12.3. The minimum atomic E-state index is -4.22. The van der Waals surface area contributed by atoms with E-state index in [1.54, 1.807) is 0 Å². The lowest BCUT2D eigenvalue weighted by atomic mass is 10.1. The van der Waals surface area contributed by atoms with Crippen LogP contribution in [-0.4, -0.2) is 52.5 Å². The van der Waals surface area contributed by atoms with Crippen molar-refractivity contribution in [1.82, 2.24) is 24.7 Å². The Hall–Kier alpha value is -2.38. The quantitative estimate of drug-likeness (QED) is 0.625. The highest BCUT2D eigenvalue weighted by molar-refractivity contribution is 7.92. The van der Waals surface area contributed by atoms with Gasteiger partial charge in [-0.15, -0.1) is 16.4 Å². The molecule has 0 saturated heterocycles. The molecular weight excluding hydrogens is 386 g/mol. The van der Waals surface area contributed by atoms with Crippen LogP contribution in [0.5, 0.6) is 0 Å². The molecule has 26 heavy (non-hydrogen) atoms. The number of carbonyl (C=O) groups is 2. The van der Waals surface area contributed by atoms with E-state index in [2.05, 4.69) is 20.0 Å². The van der Waals surface area contributed by atoms with Gasteiger partial charge in [0, 0.05) is 6.20 Å².